The maximum Gasteiger partial charge on any atom is 0.117 e. The van der Waals surface area contributed by atoms with Crippen LogP contribution in [0.3, 0.4) is 0 Å². The minimum atomic E-state index is 0.385. The van der Waals surface area contributed by atoms with Gasteiger partial charge in [-0.05, 0) is 67.4 Å². The van der Waals surface area contributed by atoms with Crippen molar-refractivity contribution in [3.05, 3.63) is 24.2 Å². The standard InChI is InChI=1S/C17H25NO/c1-15-6-13-7-16(2,10-15)12-17(8-13,11-15)18-9-14-4-3-5-19-14/h3-5,13,18H,6-12H2,1-2H3. The minimum Gasteiger partial charge on any atom is -0.468 e. The highest BCUT2D eigenvalue weighted by atomic mass is 16.3. The average Bonchev–Trinajstić information content (AvgIpc) is 2.73. The first-order chi connectivity index (χ1) is 8.99. The van der Waals surface area contributed by atoms with Gasteiger partial charge in [0.05, 0.1) is 12.8 Å². The van der Waals surface area contributed by atoms with E-state index >= 15 is 0 Å². The van der Waals surface area contributed by atoms with Gasteiger partial charge in [-0.15, -0.1) is 0 Å². The SMILES string of the molecule is CC12CC3CC(C)(C1)CC(NCc1ccco1)(C3)C2. The van der Waals surface area contributed by atoms with Crippen LogP contribution in [-0.2, 0) is 6.54 Å². The summed E-state index contributed by atoms with van der Waals surface area (Å²) in [5.41, 5.74) is 1.56. The van der Waals surface area contributed by atoms with Crippen molar-refractivity contribution in [2.45, 2.75) is 64.5 Å². The third kappa shape index (κ3) is 1.96. The Labute approximate surface area is 116 Å². The van der Waals surface area contributed by atoms with Crippen LogP contribution in [0.4, 0.5) is 0 Å². The van der Waals surface area contributed by atoms with E-state index < -0.39 is 0 Å². The molecule has 0 aromatic carbocycles. The third-order valence-electron chi connectivity index (χ3n) is 5.84. The third-order valence-corrected chi connectivity index (χ3v) is 5.84. The van der Waals surface area contributed by atoms with Gasteiger partial charge in [0, 0.05) is 5.54 Å². The van der Waals surface area contributed by atoms with E-state index in [0.717, 1.165) is 18.2 Å². The Morgan fingerprint density at radius 2 is 1.89 bits per heavy atom. The van der Waals surface area contributed by atoms with Crippen molar-refractivity contribution in [1.29, 1.82) is 0 Å². The number of hydrogen-bond acceptors (Lipinski definition) is 2. The van der Waals surface area contributed by atoms with Crippen molar-refractivity contribution < 1.29 is 4.42 Å². The number of rotatable bonds is 3. The highest BCUT2D eigenvalue weighted by Crippen LogP contribution is 2.66. The Kier molecular flexibility index (Phi) is 2.32. The van der Waals surface area contributed by atoms with E-state index in [1.165, 1.54) is 38.5 Å². The van der Waals surface area contributed by atoms with Gasteiger partial charge in [-0.2, -0.15) is 0 Å². The Bertz CT molecular complexity index is 459. The summed E-state index contributed by atoms with van der Waals surface area (Å²) in [7, 11) is 0. The van der Waals surface area contributed by atoms with E-state index in [4.69, 9.17) is 4.42 Å². The summed E-state index contributed by atoms with van der Waals surface area (Å²) in [5, 5.41) is 3.89. The van der Waals surface area contributed by atoms with Crippen LogP contribution >= 0.6 is 0 Å². The first-order valence-electron chi connectivity index (χ1n) is 7.76. The molecule has 1 aromatic heterocycles. The molecule has 0 saturated heterocycles. The first kappa shape index (κ1) is 12.0. The number of furan rings is 1. The quantitative estimate of drug-likeness (QED) is 0.883. The Balaban J connectivity index is 1.57. The molecule has 0 radical (unpaired) electrons. The molecule has 19 heavy (non-hydrogen) atoms. The van der Waals surface area contributed by atoms with Crippen LogP contribution in [0, 0.1) is 16.7 Å². The van der Waals surface area contributed by atoms with Crippen molar-refractivity contribution in [3.63, 3.8) is 0 Å². The molecule has 5 rings (SSSR count). The van der Waals surface area contributed by atoms with Gasteiger partial charge in [0.2, 0.25) is 0 Å². The van der Waals surface area contributed by atoms with Crippen molar-refractivity contribution in [3.8, 4) is 0 Å². The molecule has 4 fully saturated rings. The topological polar surface area (TPSA) is 25.2 Å². The largest absolute Gasteiger partial charge is 0.468 e. The lowest BCUT2D eigenvalue weighted by Crippen LogP contribution is -2.63. The van der Waals surface area contributed by atoms with Crippen molar-refractivity contribution in [2.24, 2.45) is 16.7 Å². The Morgan fingerprint density at radius 1 is 1.16 bits per heavy atom. The van der Waals surface area contributed by atoms with E-state index in [2.05, 4.69) is 25.2 Å². The minimum absolute atomic E-state index is 0.385. The Hall–Kier alpha value is -0.760. The highest BCUT2D eigenvalue weighted by Gasteiger charge is 2.59. The summed E-state index contributed by atoms with van der Waals surface area (Å²) >= 11 is 0. The maximum atomic E-state index is 5.48. The number of hydrogen-bond donors (Lipinski definition) is 1. The van der Waals surface area contributed by atoms with Gasteiger partial charge in [0.25, 0.3) is 0 Å². The zero-order valence-electron chi connectivity index (χ0n) is 12.2. The van der Waals surface area contributed by atoms with Crippen LogP contribution in [0.25, 0.3) is 0 Å². The van der Waals surface area contributed by atoms with E-state index in [1.807, 2.05) is 6.07 Å². The van der Waals surface area contributed by atoms with Gasteiger partial charge < -0.3 is 9.73 Å². The van der Waals surface area contributed by atoms with Crippen molar-refractivity contribution in [2.75, 3.05) is 0 Å². The van der Waals surface area contributed by atoms with Gasteiger partial charge in [0.1, 0.15) is 5.76 Å². The van der Waals surface area contributed by atoms with Crippen LogP contribution in [0.2, 0.25) is 0 Å². The molecule has 2 atom stereocenters. The average molecular weight is 259 g/mol. The van der Waals surface area contributed by atoms with E-state index in [0.29, 0.717) is 16.4 Å². The maximum absolute atomic E-state index is 5.48. The molecule has 104 valence electrons. The molecule has 4 aliphatic carbocycles. The van der Waals surface area contributed by atoms with Crippen molar-refractivity contribution in [1.82, 2.24) is 5.32 Å². The predicted molar refractivity (Wildman–Crippen MR) is 75.7 cm³/mol. The summed E-state index contributed by atoms with van der Waals surface area (Å²) in [6, 6.07) is 4.07. The van der Waals surface area contributed by atoms with E-state index in [9.17, 15) is 0 Å². The second-order valence-electron chi connectivity index (χ2n) is 8.34. The molecule has 4 saturated carbocycles. The molecule has 4 bridgehead atoms. The molecule has 2 unspecified atom stereocenters. The molecule has 4 aliphatic rings. The second-order valence-corrected chi connectivity index (χ2v) is 8.34. The lowest BCUT2D eigenvalue weighted by Gasteiger charge is -2.65. The Morgan fingerprint density at radius 3 is 2.47 bits per heavy atom. The van der Waals surface area contributed by atoms with Gasteiger partial charge in [-0.3, -0.25) is 0 Å². The molecule has 0 spiro atoms. The predicted octanol–water partition coefficient (Wildman–Crippen LogP) is 4.12. The summed E-state index contributed by atoms with van der Waals surface area (Å²) in [6.45, 7) is 5.95. The van der Waals surface area contributed by atoms with Crippen LogP contribution < -0.4 is 5.32 Å². The fourth-order valence-corrected chi connectivity index (χ4v) is 6.33. The molecule has 1 N–H and O–H groups in total. The van der Waals surface area contributed by atoms with Gasteiger partial charge >= 0.3 is 0 Å². The molecule has 0 aliphatic heterocycles. The van der Waals surface area contributed by atoms with E-state index in [1.54, 1.807) is 6.26 Å². The summed E-state index contributed by atoms with van der Waals surface area (Å²) < 4.78 is 5.48. The molecule has 2 heteroatoms. The molecule has 1 aromatic rings. The molecule has 0 amide bonds. The zero-order valence-corrected chi connectivity index (χ0v) is 12.2. The highest BCUT2D eigenvalue weighted by molar-refractivity contribution is 5.14. The monoisotopic (exact) mass is 259 g/mol. The smallest absolute Gasteiger partial charge is 0.117 e. The molecule has 1 heterocycles. The van der Waals surface area contributed by atoms with Gasteiger partial charge in [-0.1, -0.05) is 13.8 Å². The molecule has 2 nitrogen and oxygen atoms in total. The summed E-state index contributed by atoms with van der Waals surface area (Å²) in [4.78, 5) is 0. The summed E-state index contributed by atoms with van der Waals surface area (Å²) in [5.74, 6) is 2.03. The van der Waals surface area contributed by atoms with E-state index in [-0.39, 0.29) is 0 Å². The van der Waals surface area contributed by atoms with Crippen LogP contribution in [-0.4, -0.2) is 5.54 Å². The fourth-order valence-electron chi connectivity index (χ4n) is 6.33. The van der Waals surface area contributed by atoms with Crippen LogP contribution in [0.5, 0.6) is 0 Å². The lowest BCUT2D eigenvalue weighted by atomic mass is 9.43. The van der Waals surface area contributed by atoms with Gasteiger partial charge in [-0.25, -0.2) is 0 Å². The van der Waals surface area contributed by atoms with Gasteiger partial charge in [0.15, 0.2) is 0 Å². The zero-order chi connectivity index (χ0) is 13.1. The normalized spacial score (nSPS) is 47.8. The lowest BCUT2D eigenvalue weighted by molar-refractivity contribution is -0.118. The second kappa shape index (κ2) is 3.66. The number of nitrogens with one attached hydrogen (secondary N) is 1. The van der Waals surface area contributed by atoms with Crippen molar-refractivity contribution >= 4 is 0 Å². The molecular formula is C17H25NO. The fraction of sp³-hybridized carbons (Fsp3) is 0.765. The molecular weight excluding hydrogens is 234 g/mol. The van der Waals surface area contributed by atoms with Crippen LogP contribution in [0.1, 0.15) is 58.1 Å². The van der Waals surface area contributed by atoms with Crippen LogP contribution in [0.15, 0.2) is 22.8 Å². The summed E-state index contributed by atoms with van der Waals surface area (Å²) in [6.07, 6.45) is 10.3. The first-order valence-corrected chi connectivity index (χ1v) is 7.76.